The molecule has 4 aliphatic carbocycles. The molecule has 0 aromatic rings. The minimum atomic E-state index is -0.820. The lowest BCUT2D eigenvalue weighted by Gasteiger charge is -2.63. The normalized spacial score (nSPS) is 54.4. The average Bonchev–Trinajstić information content (AvgIpc) is 2.94. The van der Waals surface area contributed by atoms with Crippen LogP contribution in [-0.2, 0) is 4.74 Å². The molecule has 3 heteroatoms. The van der Waals surface area contributed by atoms with Gasteiger partial charge in [-0.25, -0.2) is 0 Å². The number of aliphatic hydroxyl groups is 2. The second kappa shape index (κ2) is 6.10. The summed E-state index contributed by atoms with van der Waals surface area (Å²) >= 11 is 0. The van der Waals surface area contributed by atoms with Crippen LogP contribution >= 0.6 is 0 Å². The van der Waals surface area contributed by atoms with Crippen LogP contribution in [0.2, 0.25) is 0 Å². The Morgan fingerprint density at radius 2 is 1.81 bits per heavy atom. The topological polar surface area (TPSA) is 49.7 Å². The lowest BCUT2D eigenvalue weighted by Crippen LogP contribution is -2.61. The van der Waals surface area contributed by atoms with Crippen molar-refractivity contribution in [1.82, 2.24) is 0 Å². The standard InChI is InChI=1S/C24H36O3/c1-22-12-4-3-5-17(22)7-8-20-19(22)10-13-23(2)18(11-14-24(20,23)26)16-6-9-21(25)27-15-16/h6,9,15,17-21,25-26H,3-5,7-8,10-14H2,1-2H3. The van der Waals surface area contributed by atoms with Crippen molar-refractivity contribution < 1.29 is 14.9 Å². The second-order valence-corrected chi connectivity index (χ2v) is 10.7. The van der Waals surface area contributed by atoms with Gasteiger partial charge in [0.15, 0.2) is 0 Å². The molecule has 0 radical (unpaired) electrons. The highest BCUT2D eigenvalue weighted by Gasteiger charge is 2.67. The quantitative estimate of drug-likeness (QED) is 0.685. The molecule has 5 rings (SSSR count). The van der Waals surface area contributed by atoms with Crippen LogP contribution in [0.3, 0.4) is 0 Å². The van der Waals surface area contributed by atoms with Crippen LogP contribution < -0.4 is 0 Å². The Balaban J connectivity index is 1.46. The fourth-order valence-electron chi connectivity index (χ4n) is 8.42. The molecule has 27 heavy (non-hydrogen) atoms. The van der Waals surface area contributed by atoms with E-state index in [1.807, 2.05) is 6.08 Å². The number of fused-ring (bicyclic) bond motifs is 5. The number of aliphatic hydroxyl groups excluding tert-OH is 1. The predicted octanol–water partition coefficient (Wildman–Crippen LogP) is 4.94. The fraction of sp³-hybridized carbons (Fsp3) is 0.833. The van der Waals surface area contributed by atoms with E-state index < -0.39 is 11.9 Å². The van der Waals surface area contributed by atoms with Crippen LogP contribution in [-0.4, -0.2) is 22.1 Å². The molecular formula is C24H36O3. The first-order valence-corrected chi connectivity index (χ1v) is 11.3. The van der Waals surface area contributed by atoms with E-state index in [-0.39, 0.29) is 5.41 Å². The minimum Gasteiger partial charge on any atom is -0.469 e. The molecular weight excluding hydrogens is 336 g/mol. The first-order valence-electron chi connectivity index (χ1n) is 11.3. The van der Waals surface area contributed by atoms with E-state index in [0.717, 1.165) is 30.8 Å². The van der Waals surface area contributed by atoms with Gasteiger partial charge >= 0.3 is 0 Å². The van der Waals surface area contributed by atoms with Crippen LogP contribution in [0.5, 0.6) is 0 Å². The zero-order valence-corrected chi connectivity index (χ0v) is 17.0. The summed E-state index contributed by atoms with van der Waals surface area (Å²) < 4.78 is 5.38. The summed E-state index contributed by atoms with van der Waals surface area (Å²) in [5.41, 5.74) is 0.993. The summed E-state index contributed by atoms with van der Waals surface area (Å²) in [6, 6.07) is 0. The van der Waals surface area contributed by atoms with Gasteiger partial charge in [0.25, 0.3) is 0 Å². The molecule has 5 aliphatic rings. The highest BCUT2D eigenvalue weighted by Crippen LogP contribution is 2.69. The molecule has 0 saturated heterocycles. The fourth-order valence-corrected chi connectivity index (χ4v) is 8.42. The van der Waals surface area contributed by atoms with Gasteiger partial charge in [-0.1, -0.05) is 32.8 Å². The van der Waals surface area contributed by atoms with Gasteiger partial charge in [-0.2, -0.15) is 0 Å². The first-order chi connectivity index (χ1) is 12.9. The monoisotopic (exact) mass is 372 g/mol. The number of hydrogen-bond acceptors (Lipinski definition) is 3. The Labute approximate surface area is 163 Å². The van der Waals surface area contributed by atoms with E-state index in [1.54, 1.807) is 12.3 Å². The van der Waals surface area contributed by atoms with Gasteiger partial charge < -0.3 is 14.9 Å². The highest BCUT2D eigenvalue weighted by molar-refractivity contribution is 5.30. The van der Waals surface area contributed by atoms with Gasteiger partial charge in [-0.3, -0.25) is 0 Å². The number of rotatable bonds is 1. The Bertz CT molecular complexity index is 669. The Morgan fingerprint density at radius 1 is 0.963 bits per heavy atom. The molecule has 2 N–H and O–H groups in total. The van der Waals surface area contributed by atoms with Gasteiger partial charge in [0, 0.05) is 5.41 Å². The zero-order valence-electron chi connectivity index (χ0n) is 17.0. The molecule has 8 unspecified atom stereocenters. The SMILES string of the molecule is CC12CCCCC1CCC1C2CCC2(C)C(C3=COC(O)C=C3)CCC12O. The molecule has 150 valence electrons. The van der Waals surface area contributed by atoms with E-state index in [0.29, 0.717) is 23.2 Å². The van der Waals surface area contributed by atoms with Crippen LogP contribution in [0.4, 0.5) is 0 Å². The predicted molar refractivity (Wildman–Crippen MR) is 106 cm³/mol. The molecule has 0 bridgehead atoms. The van der Waals surface area contributed by atoms with E-state index in [1.165, 1.54) is 44.9 Å². The van der Waals surface area contributed by atoms with E-state index in [2.05, 4.69) is 13.8 Å². The highest BCUT2D eigenvalue weighted by atomic mass is 16.6. The maximum Gasteiger partial charge on any atom is 0.216 e. The van der Waals surface area contributed by atoms with Crippen molar-refractivity contribution in [2.45, 2.75) is 89.9 Å². The maximum atomic E-state index is 12.2. The van der Waals surface area contributed by atoms with Crippen LogP contribution in [0.1, 0.15) is 78.1 Å². The van der Waals surface area contributed by atoms with Crippen molar-refractivity contribution in [2.75, 3.05) is 0 Å². The Morgan fingerprint density at radius 3 is 2.59 bits per heavy atom. The van der Waals surface area contributed by atoms with Crippen LogP contribution in [0.15, 0.2) is 24.0 Å². The van der Waals surface area contributed by atoms with Gasteiger partial charge in [-0.05, 0) is 92.1 Å². The summed E-state index contributed by atoms with van der Waals surface area (Å²) in [6.07, 6.45) is 17.1. The summed E-state index contributed by atoms with van der Waals surface area (Å²) in [5, 5.41) is 21.8. The smallest absolute Gasteiger partial charge is 0.216 e. The molecule has 0 amide bonds. The molecule has 0 spiro atoms. The molecule has 0 aromatic heterocycles. The largest absolute Gasteiger partial charge is 0.469 e. The third-order valence-corrected chi connectivity index (χ3v) is 9.97. The molecule has 0 aromatic carbocycles. The van der Waals surface area contributed by atoms with Crippen molar-refractivity contribution >= 4 is 0 Å². The summed E-state index contributed by atoms with van der Waals surface area (Å²) in [5.74, 6) is 2.38. The van der Waals surface area contributed by atoms with E-state index >= 15 is 0 Å². The molecule has 1 heterocycles. The number of allylic oxidation sites excluding steroid dienone is 2. The third kappa shape index (κ3) is 2.40. The van der Waals surface area contributed by atoms with Crippen molar-refractivity contribution in [3.63, 3.8) is 0 Å². The molecule has 1 aliphatic heterocycles. The second-order valence-electron chi connectivity index (χ2n) is 10.7. The lowest BCUT2D eigenvalue weighted by molar-refractivity contribution is -0.203. The minimum absolute atomic E-state index is 0.0755. The van der Waals surface area contributed by atoms with Crippen LogP contribution in [0, 0.1) is 34.5 Å². The van der Waals surface area contributed by atoms with Gasteiger partial charge in [0.2, 0.25) is 6.29 Å². The summed E-state index contributed by atoms with van der Waals surface area (Å²) in [7, 11) is 0. The Hall–Kier alpha value is -0.800. The summed E-state index contributed by atoms with van der Waals surface area (Å²) in [4.78, 5) is 0. The van der Waals surface area contributed by atoms with Gasteiger partial charge in [0.1, 0.15) is 0 Å². The molecule has 3 nitrogen and oxygen atoms in total. The molecule has 4 saturated carbocycles. The zero-order chi connectivity index (χ0) is 18.9. The van der Waals surface area contributed by atoms with Crippen LogP contribution in [0.25, 0.3) is 0 Å². The maximum absolute atomic E-state index is 12.2. The third-order valence-electron chi connectivity index (χ3n) is 9.97. The van der Waals surface area contributed by atoms with E-state index in [4.69, 9.17) is 4.74 Å². The van der Waals surface area contributed by atoms with Crippen molar-refractivity contribution in [3.8, 4) is 0 Å². The number of ether oxygens (including phenoxy) is 1. The van der Waals surface area contributed by atoms with Crippen molar-refractivity contribution in [2.24, 2.45) is 34.5 Å². The Kier molecular flexibility index (Phi) is 4.12. The van der Waals surface area contributed by atoms with Crippen molar-refractivity contribution in [1.29, 1.82) is 0 Å². The molecule has 4 fully saturated rings. The van der Waals surface area contributed by atoms with Crippen molar-refractivity contribution in [3.05, 3.63) is 24.0 Å². The molecule has 8 atom stereocenters. The van der Waals surface area contributed by atoms with Gasteiger partial charge in [0.05, 0.1) is 11.9 Å². The summed E-state index contributed by atoms with van der Waals surface area (Å²) in [6.45, 7) is 4.91. The van der Waals surface area contributed by atoms with E-state index in [9.17, 15) is 10.2 Å². The first kappa shape index (κ1) is 18.2. The lowest BCUT2D eigenvalue weighted by atomic mass is 9.43. The average molecular weight is 373 g/mol. The number of hydrogen-bond donors (Lipinski definition) is 2. The van der Waals surface area contributed by atoms with Gasteiger partial charge in [-0.15, -0.1) is 0 Å².